The van der Waals surface area contributed by atoms with E-state index in [0.717, 1.165) is 16.8 Å². The van der Waals surface area contributed by atoms with Crippen molar-refractivity contribution in [1.82, 2.24) is 10.3 Å². The molecule has 0 aliphatic rings. The van der Waals surface area contributed by atoms with E-state index in [9.17, 15) is 0 Å². The molecule has 0 bridgehead atoms. The van der Waals surface area contributed by atoms with E-state index in [2.05, 4.69) is 59.3 Å². The summed E-state index contributed by atoms with van der Waals surface area (Å²) in [5, 5.41) is 3.47. The maximum atomic E-state index is 4.48. The fourth-order valence-corrected chi connectivity index (χ4v) is 2.65. The Hall–Kier alpha value is -0.410. The minimum absolute atomic E-state index is 0.537. The number of likely N-dealkylation sites (N-methyl/N-ethyl adjacent to an activating group) is 1. The first-order valence-corrected chi connectivity index (χ1v) is 7.78. The van der Waals surface area contributed by atoms with Gasteiger partial charge < -0.3 is 5.32 Å². The van der Waals surface area contributed by atoms with E-state index in [4.69, 9.17) is 0 Å². The molecule has 0 fully saturated rings. The van der Waals surface area contributed by atoms with Gasteiger partial charge in [0.05, 0.1) is 0 Å². The predicted octanol–water partition coefficient (Wildman–Crippen LogP) is 4.19. The van der Waals surface area contributed by atoms with Gasteiger partial charge in [-0.2, -0.15) is 0 Å². The lowest BCUT2D eigenvalue weighted by atomic mass is 9.88. The normalized spacial score (nSPS) is 14.4. The SMILES string of the molecule is CCCCC(CC)C(Cc1ccc(Br)cn1)NC. The van der Waals surface area contributed by atoms with Gasteiger partial charge in [-0.15, -0.1) is 0 Å². The monoisotopic (exact) mass is 312 g/mol. The Morgan fingerprint density at radius 2 is 2.11 bits per heavy atom. The molecular formula is C15H25BrN2. The van der Waals surface area contributed by atoms with E-state index in [1.165, 1.54) is 31.4 Å². The first-order valence-electron chi connectivity index (χ1n) is 6.98. The Labute approximate surface area is 120 Å². The Bertz CT molecular complexity index is 324. The quantitative estimate of drug-likeness (QED) is 0.778. The van der Waals surface area contributed by atoms with E-state index in [1.807, 2.05) is 6.20 Å². The highest BCUT2D eigenvalue weighted by Crippen LogP contribution is 2.20. The van der Waals surface area contributed by atoms with Crippen LogP contribution >= 0.6 is 15.9 Å². The van der Waals surface area contributed by atoms with Crippen LogP contribution in [-0.2, 0) is 6.42 Å². The topological polar surface area (TPSA) is 24.9 Å². The largest absolute Gasteiger partial charge is 0.316 e. The van der Waals surface area contributed by atoms with Crippen molar-refractivity contribution in [2.24, 2.45) is 5.92 Å². The van der Waals surface area contributed by atoms with Crippen LogP contribution in [-0.4, -0.2) is 18.1 Å². The van der Waals surface area contributed by atoms with Gasteiger partial charge in [-0.1, -0.05) is 33.1 Å². The second-order valence-corrected chi connectivity index (χ2v) is 5.79. The van der Waals surface area contributed by atoms with Crippen LogP contribution < -0.4 is 5.32 Å². The second-order valence-electron chi connectivity index (χ2n) is 4.88. The molecule has 2 unspecified atom stereocenters. The van der Waals surface area contributed by atoms with Gasteiger partial charge in [-0.3, -0.25) is 4.98 Å². The molecule has 1 aromatic rings. The maximum Gasteiger partial charge on any atom is 0.0420 e. The summed E-state index contributed by atoms with van der Waals surface area (Å²) in [5.74, 6) is 0.750. The fourth-order valence-electron chi connectivity index (χ4n) is 2.41. The Balaban J connectivity index is 2.61. The van der Waals surface area contributed by atoms with Crippen molar-refractivity contribution >= 4 is 15.9 Å². The summed E-state index contributed by atoms with van der Waals surface area (Å²) < 4.78 is 1.05. The van der Waals surface area contributed by atoms with Gasteiger partial charge in [0, 0.05) is 28.8 Å². The molecule has 0 radical (unpaired) electrons. The summed E-state index contributed by atoms with van der Waals surface area (Å²) >= 11 is 3.43. The van der Waals surface area contributed by atoms with Crippen LogP contribution in [0.5, 0.6) is 0 Å². The van der Waals surface area contributed by atoms with Crippen LogP contribution in [0.25, 0.3) is 0 Å². The number of hydrogen-bond donors (Lipinski definition) is 1. The first-order chi connectivity index (χ1) is 8.71. The van der Waals surface area contributed by atoms with Crippen LogP contribution in [0.2, 0.25) is 0 Å². The second kappa shape index (κ2) is 8.65. The molecule has 0 spiro atoms. The molecule has 2 atom stereocenters. The Morgan fingerprint density at radius 3 is 2.61 bits per heavy atom. The highest BCUT2D eigenvalue weighted by Gasteiger charge is 2.18. The number of unbranched alkanes of at least 4 members (excludes halogenated alkanes) is 1. The number of halogens is 1. The van der Waals surface area contributed by atoms with Crippen LogP contribution in [0.3, 0.4) is 0 Å². The highest BCUT2D eigenvalue weighted by molar-refractivity contribution is 9.10. The molecule has 18 heavy (non-hydrogen) atoms. The Morgan fingerprint density at radius 1 is 1.33 bits per heavy atom. The van der Waals surface area contributed by atoms with E-state index < -0.39 is 0 Å². The molecule has 1 aromatic heterocycles. The molecule has 0 aliphatic carbocycles. The van der Waals surface area contributed by atoms with E-state index in [-0.39, 0.29) is 0 Å². The summed E-state index contributed by atoms with van der Waals surface area (Å²) in [7, 11) is 2.07. The summed E-state index contributed by atoms with van der Waals surface area (Å²) in [5.41, 5.74) is 1.17. The van der Waals surface area contributed by atoms with Gasteiger partial charge in [-0.05, 0) is 47.4 Å². The lowest BCUT2D eigenvalue weighted by molar-refractivity contribution is 0.328. The zero-order valence-corrected chi connectivity index (χ0v) is 13.3. The third-order valence-corrected chi connectivity index (χ3v) is 4.08. The molecule has 1 N–H and O–H groups in total. The van der Waals surface area contributed by atoms with Crippen molar-refractivity contribution in [2.75, 3.05) is 7.05 Å². The number of rotatable bonds is 8. The van der Waals surface area contributed by atoms with Crippen LogP contribution in [0, 0.1) is 5.92 Å². The molecule has 0 amide bonds. The summed E-state index contributed by atoms with van der Waals surface area (Å²) in [6.07, 6.45) is 8.06. The zero-order valence-electron chi connectivity index (χ0n) is 11.7. The summed E-state index contributed by atoms with van der Waals surface area (Å²) in [6.45, 7) is 4.55. The molecule has 1 rings (SSSR count). The maximum absolute atomic E-state index is 4.48. The smallest absolute Gasteiger partial charge is 0.0420 e. The molecule has 3 heteroatoms. The van der Waals surface area contributed by atoms with Crippen molar-refractivity contribution in [3.8, 4) is 0 Å². The fraction of sp³-hybridized carbons (Fsp3) is 0.667. The van der Waals surface area contributed by atoms with E-state index in [0.29, 0.717) is 6.04 Å². The number of pyridine rings is 1. The standard InChI is InChI=1S/C15H25BrN2/c1-4-6-7-12(5-2)15(17-3)10-14-9-8-13(16)11-18-14/h8-9,11-12,15,17H,4-7,10H2,1-3H3. The molecule has 2 nitrogen and oxygen atoms in total. The minimum atomic E-state index is 0.537. The number of aromatic nitrogens is 1. The summed E-state index contributed by atoms with van der Waals surface area (Å²) in [6, 6.07) is 4.72. The first kappa shape index (κ1) is 15.6. The number of nitrogens with zero attached hydrogens (tertiary/aromatic N) is 1. The molecule has 0 aromatic carbocycles. The van der Waals surface area contributed by atoms with Crippen LogP contribution in [0.1, 0.15) is 45.2 Å². The average molecular weight is 313 g/mol. The van der Waals surface area contributed by atoms with Gasteiger partial charge in [0.25, 0.3) is 0 Å². The number of nitrogens with one attached hydrogen (secondary N) is 1. The molecule has 1 heterocycles. The number of hydrogen-bond acceptors (Lipinski definition) is 2. The van der Waals surface area contributed by atoms with Gasteiger partial charge in [0.1, 0.15) is 0 Å². The van der Waals surface area contributed by atoms with Crippen molar-refractivity contribution < 1.29 is 0 Å². The molecule has 102 valence electrons. The Kier molecular flexibility index (Phi) is 7.52. The highest BCUT2D eigenvalue weighted by atomic mass is 79.9. The van der Waals surface area contributed by atoms with Crippen LogP contribution in [0.4, 0.5) is 0 Å². The van der Waals surface area contributed by atoms with Crippen LogP contribution in [0.15, 0.2) is 22.8 Å². The lowest BCUT2D eigenvalue weighted by Crippen LogP contribution is -2.35. The predicted molar refractivity (Wildman–Crippen MR) is 81.8 cm³/mol. The minimum Gasteiger partial charge on any atom is -0.316 e. The summed E-state index contributed by atoms with van der Waals surface area (Å²) in [4.78, 5) is 4.48. The van der Waals surface area contributed by atoms with Gasteiger partial charge in [0.15, 0.2) is 0 Å². The average Bonchev–Trinajstić information content (AvgIpc) is 2.40. The van der Waals surface area contributed by atoms with Gasteiger partial charge in [-0.25, -0.2) is 0 Å². The van der Waals surface area contributed by atoms with Crippen molar-refractivity contribution in [3.63, 3.8) is 0 Å². The van der Waals surface area contributed by atoms with Crippen molar-refractivity contribution in [3.05, 3.63) is 28.5 Å². The molecule has 0 saturated heterocycles. The molecule has 0 aliphatic heterocycles. The van der Waals surface area contributed by atoms with Gasteiger partial charge in [0.2, 0.25) is 0 Å². The van der Waals surface area contributed by atoms with Crippen molar-refractivity contribution in [1.29, 1.82) is 0 Å². The molecular weight excluding hydrogens is 288 g/mol. The van der Waals surface area contributed by atoms with Crippen molar-refractivity contribution in [2.45, 2.75) is 52.0 Å². The molecule has 0 saturated carbocycles. The lowest BCUT2D eigenvalue weighted by Gasteiger charge is -2.25. The van der Waals surface area contributed by atoms with Gasteiger partial charge >= 0.3 is 0 Å². The van der Waals surface area contributed by atoms with E-state index >= 15 is 0 Å². The third-order valence-electron chi connectivity index (χ3n) is 3.61. The zero-order chi connectivity index (χ0) is 13.4. The van der Waals surface area contributed by atoms with E-state index in [1.54, 1.807) is 0 Å². The third kappa shape index (κ3) is 5.07.